The van der Waals surface area contributed by atoms with Gasteiger partial charge in [0, 0.05) is 0 Å². The first-order valence-corrected chi connectivity index (χ1v) is 18.0. The van der Waals surface area contributed by atoms with E-state index in [1.165, 1.54) is 6.42 Å². The molecule has 11 heteroatoms. The summed E-state index contributed by atoms with van der Waals surface area (Å²) in [4.78, 5) is -1.28. The molecule has 5 rings (SSSR count). The summed E-state index contributed by atoms with van der Waals surface area (Å²) >= 11 is 0. The highest BCUT2D eigenvalue weighted by atomic mass is 32.2. The van der Waals surface area contributed by atoms with Crippen LogP contribution in [-0.2, 0) is 26.4 Å². The highest BCUT2D eigenvalue weighted by Gasteiger charge is 2.39. The Hall–Kier alpha value is -2.11. The van der Waals surface area contributed by atoms with E-state index in [1.54, 1.807) is 0 Å². The second kappa shape index (κ2) is 12.5. The molecule has 0 unspecified atom stereocenters. The van der Waals surface area contributed by atoms with E-state index in [9.17, 15) is 34.6 Å². The van der Waals surface area contributed by atoms with E-state index in [0.29, 0.717) is 29.2 Å². The van der Waals surface area contributed by atoms with Crippen LogP contribution in [0.2, 0.25) is 0 Å². The molecule has 3 aliphatic rings. The summed E-state index contributed by atoms with van der Waals surface area (Å²) in [6, 6.07) is 5.78. The first kappa shape index (κ1) is 31.3. The van der Waals surface area contributed by atoms with Crippen LogP contribution in [0.15, 0.2) is 40.1 Å². The second-order valence-corrected chi connectivity index (χ2v) is 15.1. The second-order valence-electron chi connectivity index (χ2n) is 12.2. The van der Waals surface area contributed by atoms with E-state index in [-0.39, 0.29) is 16.7 Å². The molecule has 0 aromatic heterocycles. The lowest BCUT2D eigenvalue weighted by atomic mass is 9.76. The molecular weight excluding hydrogens is 589 g/mol. The van der Waals surface area contributed by atoms with E-state index in [1.807, 2.05) is 12.1 Å². The number of hydrogen-bond acceptors (Lipinski definition) is 5. The average Bonchev–Trinajstić information content (AvgIpc) is 2.96. The predicted octanol–water partition coefficient (Wildman–Crippen LogP) is 8.86. The van der Waals surface area contributed by atoms with Gasteiger partial charge in [-0.2, -0.15) is 30.0 Å². The third-order valence-electron chi connectivity index (χ3n) is 9.33. The van der Waals surface area contributed by atoms with E-state index >= 15 is 0 Å². The lowest BCUT2D eigenvalue weighted by molar-refractivity contribution is -0.140. The van der Waals surface area contributed by atoms with Gasteiger partial charge in [-0.3, -0.25) is 4.55 Å². The van der Waals surface area contributed by atoms with Gasteiger partial charge in [0.2, 0.25) is 0 Å². The molecular formula is C31H39F3O6S2. The fourth-order valence-electron chi connectivity index (χ4n) is 7.27. The topological polar surface area (TPSA) is 97.7 Å². The lowest BCUT2D eigenvalue weighted by Gasteiger charge is -2.32. The van der Waals surface area contributed by atoms with Crippen molar-refractivity contribution < 1.29 is 38.7 Å². The molecule has 0 spiro atoms. The maximum Gasteiger partial charge on any atom is 0.417 e. The Morgan fingerprint density at radius 1 is 0.667 bits per heavy atom. The Morgan fingerprint density at radius 3 is 1.55 bits per heavy atom. The molecule has 1 N–H and O–H groups in total. The van der Waals surface area contributed by atoms with Gasteiger partial charge >= 0.3 is 16.3 Å². The Labute approximate surface area is 246 Å². The van der Waals surface area contributed by atoms with Gasteiger partial charge in [-0.15, -0.1) is 0 Å². The lowest BCUT2D eigenvalue weighted by Crippen LogP contribution is -2.21. The van der Waals surface area contributed by atoms with E-state index in [0.717, 1.165) is 102 Å². The van der Waals surface area contributed by atoms with Crippen molar-refractivity contribution >= 4 is 20.2 Å². The van der Waals surface area contributed by atoms with Crippen molar-refractivity contribution in [2.45, 2.75) is 130 Å². The number of benzene rings is 2. The molecule has 0 saturated heterocycles. The van der Waals surface area contributed by atoms with Crippen molar-refractivity contribution in [3.63, 3.8) is 0 Å². The molecule has 232 valence electrons. The van der Waals surface area contributed by atoms with Crippen LogP contribution in [0.5, 0.6) is 5.75 Å². The van der Waals surface area contributed by atoms with E-state index in [2.05, 4.69) is 0 Å². The summed E-state index contributed by atoms with van der Waals surface area (Å²) in [5.74, 6) is -0.296. The maximum absolute atomic E-state index is 14.2. The van der Waals surface area contributed by atoms with Gasteiger partial charge in [0.15, 0.2) is 0 Å². The van der Waals surface area contributed by atoms with Crippen LogP contribution in [0.4, 0.5) is 13.2 Å². The Morgan fingerprint density at radius 2 is 1.12 bits per heavy atom. The molecule has 42 heavy (non-hydrogen) atoms. The summed E-state index contributed by atoms with van der Waals surface area (Å²) in [5, 5.41) is 0. The van der Waals surface area contributed by atoms with Gasteiger partial charge in [-0.25, -0.2) is 0 Å². The third kappa shape index (κ3) is 6.99. The monoisotopic (exact) mass is 628 g/mol. The molecule has 2 aromatic rings. The first-order chi connectivity index (χ1) is 19.8. The Bertz CT molecular complexity index is 1440. The van der Waals surface area contributed by atoms with Crippen molar-refractivity contribution in [1.82, 2.24) is 0 Å². The van der Waals surface area contributed by atoms with Gasteiger partial charge in [0.05, 0.1) is 5.56 Å². The average molecular weight is 629 g/mol. The van der Waals surface area contributed by atoms with Gasteiger partial charge in [0.1, 0.15) is 15.5 Å². The molecule has 2 aromatic carbocycles. The summed E-state index contributed by atoms with van der Waals surface area (Å²) in [6.07, 6.45) is 9.79. The van der Waals surface area contributed by atoms with Crippen LogP contribution in [0, 0.1) is 0 Å². The molecule has 3 aliphatic carbocycles. The van der Waals surface area contributed by atoms with Crippen LogP contribution >= 0.6 is 0 Å². The summed E-state index contributed by atoms with van der Waals surface area (Å²) in [6.45, 7) is 0. The molecule has 0 aliphatic heterocycles. The summed E-state index contributed by atoms with van der Waals surface area (Å²) < 4.78 is 108. The van der Waals surface area contributed by atoms with Crippen LogP contribution < -0.4 is 4.18 Å². The highest BCUT2D eigenvalue weighted by Crippen LogP contribution is 2.46. The maximum atomic E-state index is 14.2. The van der Waals surface area contributed by atoms with Gasteiger partial charge in [-0.1, -0.05) is 69.9 Å². The van der Waals surface area contributed by atoms with E-state index < -0.39 is 42.6 Å². The number of alkyl halides is 3. The molecule has 0 atom stereocenters. The Kier molecular flexibility index (Phi) is 9.31. The van der Waals surface area contributed by atoms with Gasteiger partial charge in [-0.05, 0) is 91.2 Å². The summed E-state index contributed by atoms with van der Waals surface area (Å²) in [7, 11) is -9.82. The largest absolute Gasteiger partial charge is 0.417 e. The molecule has 3 saturated carbocycles. The standard InChI is InChI=1S/C31H39F3O6S2/c32-31(33,34)28-20-25(16-17-29(28)41(35,36)37)40-42(38,39)30-26(22-12-6-2-7-13-22)18-24(21-10-4-1-5-11-21)19-27(30)23-14-8-3-9-15-23/h16-23H,1-15H2,(H,35,36,37). The molecule has 0 amide bonds. The number of hydrogen-bond donors (Lipinski definition) is 1. The highest BCUT2D eigenvalue weighted by molar-refractivity contribution is 7.87. The minimum Gasteiger partial charge on any atom is -0.379 e. The first-order valence-electron chi connectivity index (χ1n) is 15.2. The van der Waals surface area contributed by atoms with Crippen molar-refractivity contribution in [3.05, 3.63) is 52.6 Å². The predicted molar refractivity (Wildman–Crippen MR) is 153 cm³/mol. The molecule has 0 radical (unpaired) electrons. The van der Waals surface area contributed by atoms with Gasteiger partial charge < -0.3 is 4.18 Å². The smallest absolute Gasteiger partial charge is 0.379 e. The number of halogens is 3. The zero-order valence-corrected chi connectivity index (χ0v) is 25.3. The van der Waals surface area contributed by atoms with Crippen molar-refractivity contribution in [1.29, 1.82) is 0 Å². The fourth-order valence-corrected chi connectivity index (χ4v) is 9.43. The molecule has 0 bridgehead atoms. The zero-order valence-electron chi connectivity index (χ0n) is 23.7. The van der Waals surface area contributed by atoms with Crippen LogP contribution in [-0.4, -0.2) is 21.4 Å². The Balaban J connectivity index is 1.65. The van der Waals surface area contributed by atoms with Crippen molar-refractivity contribution in [2.24, 2.45) is 0 Å². The molecule has 6 nitrogen and oxygen atoms in total. The van der Waals surface area contributed by atoms with Crippen LogP contribution in [0.3, 0.4) is 0 Å². The quantitative estimate of drug-likeness (QED) is 0.243. The van der Waals surface area contributed by atoms with Crippen molar-refractivity contribution in [3.8, 4) is 5.75 Å². The fraction of sp³-hybridized carbons (Fsp3) is 0.613. The van der Waals surface area contributed by atoms with Crippen LogP contribution in [0.25, 0.3) is 0 Å². The van der Waals surface area contributed by atoms with Gasteiger partial charge in [0.25, 0.3) is 10.1 Å². The molecule has 0 heterocycles. The van der Waals surface area contributed by atoms with Crippen LogP contribution in [0.1, 0.15) is 136 Å². The summed E-state index contributed by atoms with van der Waals surface area (Å²) in [5.41, 5.74) is 0.893. The number of rotatable bonds is 7. The van der Waals surface area contributed by atoms with E-state index in [4.69, 9.17) is 4.18 Å². The minimum absolute atomic E-state index is 0.00523. The van der Waals surface area contributed by atoms with Crippen molar-refractivity contribution in [2.75, 3.05) is 0 Å². The molecule has 3 fully saturated rings. The third-order valence-corrected chi connectivity index (χ3v) is 11.6. The minimum atomic E-state index is -5.21. The SMILES string of the molecule is O=S(=O)(O)c1ccc(OS(=O)(=O)c2c(C3CCCCC3)cc(C3CCCCC3)cc2C2CCCCC2)cc1C(F)(F)F. The zero-order chi connectivity index (χ0) is 30.1. The normalized spacial score (nSPS) is 20.5.